The van der Waals surface area contributed by atoms with Crippen LogP contribution in [0.15, 0.2) is 48.5 Å². The average Bonchev–Trinajstić information content (AvgIpc) is 2.98. The summed E-state index contributed by atoms with van der Waals surface area (Å²) >= 11 is 1.70. The summed E-state index contributed by atoms with van der Waals surface area (Å²) in [7, 11) is 0. The summed E-state index contributed by atoms with van der Waals surface area (Å²) in [5.41, 5.74) is 2.86. The molecule has 2 amide bonds. The summed E-state index contributed by atoms with van der Waals surface area (Å²) < 4.78 is 1.19. The Hall–Kier alpha value is -2.73. The van der Waals surface area contributed by atoms with Crippen LogP contribution in [0, 0.1) is 0 Å². The third-order valence-corrected chi connectivity index (χ3v) is 4.76. The van der Waals surface area contributed by atoms with E-state index in [1.165, 1.54) is 11.6 Å². The lowest BCUT2D eigenvalue weighted by atomic mass is 10.1. The van der Waals surface area contributed by atoms with E-state index in [1.54, 1.807) is 18.3 Å². The van der Waals surface area contributed by atoms with Gasteiger partial charge in [0.15, 0.2) is 0 Å². The van der Waals surface area contributed by atoms with Crippen LogP contribution in [-0.4, -0.2) is 22.8 Å². The van der Waals surface area contributed by atoms with Gasteiger partial charge in [0.05, 0.1) is 15.2 Å². The molecular weight excluding hydrogens is 334 g/mol. The van der Waals surface area contributed by atoms with Gasteiger partial charge >= 0.3 is 0 Å². The van der Waals surface area contributed by atoms with Gasteiger partial charge in [0, 0.05) is 19.0 Å². The molecule has 0 saturated heterocycles. The zero-order valence-corrected chi connectivity index (χ0v) is 14.9. The fraction of sp³-hybridized carbons (Fsp3) is 0.211. The molecule has 0 saturated carbocycles. The monoisotopic (exact) mass is 353 g/mol. The Bertz CT molecular complexity index is 869. The Morgan fingerprint density at radius 3 is 2.52 bits per heavy atom. The van der Waals surface area contributed by atoms with Crippen molar-refractivity contribution >= 4 is 39.1 Å². The van der Waals surface area contributed by atoms with Gasteiger partial charge in [-0.05, 0) is 36.8 Å². The van der Waals surface area contributed by atoms with Crippen molar-refractivity contribution in [2.75, 3.05) is 5.32 Å². The number of carbonyl (C=O) groups is 2. The predicted molar refractivity (Wildman–Crippen MR) is 101 cm³/mol. The maximum atomic E-state index is 12.0. The van der Waals surface area contributed by atoms with Gasteiger partial charge in [-0.25, -0.2) is 4.98 Å². The molecule has 0 aliphatic rings. The van der Waals surface area contributed by atoms with Crippen LogP contribution in [0.4, 0.5) is 5.69 Å². The van der Waals surface area contributed by atoms with Crippen LogP contribution < -0.4 is 10.6 Å². The molecule has 2 aromatic carbocycles. The third kappa shape index (κ3) is 4.42. The molecule has 25 heavy (non-hydrogen) atoms. The van der Waals surface area contributed by atoms with E-state index in [4.69, 9.17) is 0 Å². The van der Waals surface area contributed by atoms with E-state index in [-0.39, 0.29) is 11.8 Å². The molecule has 1 aromatic heterocycles. The first kappa shape index (κ1) is 17.1. The minimum absolute atomic E-state index is 0.228. The summed E-state index contributed by atoms with van der Waals surface area (Å²) in [6, 6.07) is 15.2. The van der Waals surface area contributed by atoms with Gasteiger partial charge in [-0.2, -0.15) is 0 Å². The molecule has 3 rings (SSSR count). The smallest absolute Gasteiger partial charge is 0.246 e. The molecule has 5 nitrogen and oxygen atoms in total. The van der Waals surface area contributed by atoms with E-state index >= 15 is 0 Å². The topological polar surface area (TPSA) is 71.1 Å². The number of aromatic nitrogens is 1. The van der Waals surface area contributed by atoms with Gasteiger partial charge in [0.2, 0.25) is 11.8 Å². The normalized spacial score (nSPS) is 11.9. The molecule has 1 atom stereocenters. The molecule has 0 aliphatic carbocycles. The average molecular weight is 353 g/mol. The van der Waals surface area contributed by atoms with Crippen molar-refractivity contribution in [3.8, 4) is 0 Å². The Balaban J connectivity index is 1.63. The third-order valence-electron chi connectivity index (χ3n) is 3.73. The first-order valence-corrected chi connectivity index (χ1v) is 8.84. The van der Waals surface area contributed by atoms with E-state index < -0.39 is 6.04 Å². The van der Waals surface area contributed by atoms with E-state index in [2.05, 4.69) is 21.7 Å². The highest BCUT2D eigenvalue weighted by molar-refractivity contribution is 7.18. The molecule has 0 bridgehead atoms. The molecule has 0 spiro atoms. The van der Waals surface area contributed by atoms with Gasteiger partial charge in [0.1, 0.15) is 6.04 Å². The quantitative estimate of drug-likeness (QED) is 0.739. The standard InChI is InChI=1S/C19H19N3O2S/c1-12(20-13(2)23)19(24)21-15-9-7-14(8-10-15)11-18-22-16-5-3-4-6-17(16)25-18/h3-10,12H,11H2,1-2H3,(H,20,23)(H,21,24). The SMILES string of the molecule is CC(=O)NC(C)C(=O)Nc1ccc(Cc2nc3ccccc3s2)cc1. The summed E-state index contributed by atoms with van der Waals surface area (Å²) in [4.78, 5) is 27.6. The molecule has 0 fully saturated rings. The zero-order chi connectivity index (χ0) is 17.8. The van der Waals surface area contributed by atoms with Crippen molar-refractivity contribution in [1.82, 2.24) is 10.3 Å². The summed E-state index contributed by atoms with van der Waals surface area (Å²) in [5.74, 6) is -0.469. The molecule has 0 radical (unpaired) electrons. The predicted octanol–water partition coefficient (Wildman–Crippen LogP) is 3.35. The summed E-state index contributed by atoms with van der Waals surface area (Å²) in [6.07, 6.45) is 0.760. The van der Waals surface area contributed by atoms with Crippen LogP contribution >= 0.6 is 11.3 Å². The van der Waals surface area contributed by atoms with Crippen LogP contribution in [0.25, 0.3) is 10.2 Å². The Kier molecular flexibility index (Phi) is 5.09. The molecule has 0 aliphatic heterocycles. The number of hydrogen-bond donors (Lipinski definition) is 2. The highest BCUT2D eigenvalue weighted by Gasteiger charge is 2.13. The number of anilines is 1. The second-order valence-electron chi connectivity index (χ2n) is 5.86. The largest absolute Gasteiger partial charge is 0.345 e. The van der Waals surface area contributed by atoms with E-state index in [0.29, 0.717) is 5.69 Å². The van der Waals surface area contributed by atoms with Crippen molar-refractivity contribution < 1.29 is 9.59 Å². The van der Waals surface area contributed by atoms with Gasteiger partial charge in [0.25, 0.3) is 0 Å². The second-order valence-corrected chi connectivity index (χ2v) is 6.98. The number of thiazole rings is 1. The maximum absolute atomic E-state index is 12.0. The summed E-state index contributed by atoms with van der Waals surface area (Å²) in [6.45, 7) is 3.04. The van der Waals surface area contributed by atoms with Crippen molar-refractivity contribution in [1.29, 1.82) is 0 Å². The number of amides is 2. The minimum Gasteiger partial charge on any atom is -0.345 e. The van der Waals surface area contributed by atoms with Crippen LogP contribution in [0.2, 0.25) is 0 Å². The molecule has 2 N–H and O–H groups in total. The maximum Gasteiger partial charge on any atom is 0.246 e. The van der Waals surface area contributed by atoms with Crippen molar-refractivity contribution in [2.45, 2.75) is 26.3 Å². The van der Waals surface area contributed by atoms with Gasteiger partial charge in [-0.15, -0.1) is 11.3 Å². The molecule has 6 heteroatoms. The van der Waals surface area contributed by atoms with Crippen molar-refractivity contribution in [3.63, 3.8) is 0 Å². The Morgan fingerprint density at radius 2 is 1.84 bits per heavy atom. The fourth-order valence-electron chi connectivity index (χ4n) is 2.50. The fourth-order valence-corrected chi connectivity index (χ4v) is 3.50. The number of nitrogens with zero attached hydrogens (tertiary/aromatic N) is 1. The number of para-hydroxylation sites is 1. The van der Waals surface area contributed by atoms with Gasteiger partial charge < -0.3 is 10.6 Å². The number of rotatable bonds is 5. The van der Waals surface area contributed by atoms with E-state index in [9.17, 15) is 9.59 Å². The first-order valence-electron chi connectivity index (χ1n) is 8.02. The van der Waals surface area contributed by atoms with Crippen LogP contribution in [0.5, 0.6) is 0 Å². The lowest BCUT2D eigenvalue weighted by Gasteiger charge is -2.13. The molecule has 128 valence electrons. The number of nitrogens with one attached hydrogen (secondary N) is 2. The van der Waals surface area contributed by atoms with E-state index in [0.717, 1.165) is 22.5 Å². The van der Waals surface area contributed by atoms with Crippen molar-refractivity contribution in [2.24, 2.45) is 0 Å². The van der Waals surface area contributed by atoms with E-state index in [1.807, 2.05) is 42.5 Å². The molecule has 1 unspecified atom stereocenters. The molecule has 3 aromatic rings. The second kappa shape index (κ2) is 7.44. The summed E-state index contributed by atoms with van der Waals surface area (Å²) in [5, 5.41) is 6.42. The lowest BCUT2D eigenvalue weighted by Crippen LogP contribution is -2.40. The number of hydrogen-bond acceptors (Lipinski definition) is 4. The molecule has 1 heterocycles. The van der Waals surface area contributed by atoms with Gasteiger partial charge in [-0.1, -0.05) is 24.3 Å². The lowest BCUT2D eigenvalue weighted by molar-refractivity contribution is -0.124. The van der Waals surface area contributed by atoms with Crippen LogP contribution in [0.1, 0.15) is 24.4 Å². The van der Waals surface area contributed by atoms with Gasteiger partial charge in [-0.3, -0.25) is 9.59 Å². The molecular formula is C19H19N3O2S. The number of carbonyl (C=O) groups excluding carboxylic acids is 2. The number of fused-ring (bicyclic) bond motifs is 1. The zero-order valence-electron chi connectivity index (χ0n) is 14.1. The first-order chi connectivity index (χ1) is 12.0. The van der Waals surface area contributed by atoms with Crippen LogP contribution in [0.3, 0.4) is 0 Å². The number of benzene rings is 2. The highest BCUT2D eigenvalue weighted by Crippen LogP contribution is 2.24. The minimum atomic E-state index is -0.570. The Labute approximate surface area is 150 Å². The Morgan fingerprint density at radius 1 is 1.12 bits per heavy atom. The highest BCUT2D eigenvalue weighted by atomic mass is 32.1. The van der Waals surface area contributed by atoms with Crippen molar-refractivity contribution in [3.05, 3.63) is 59.1 Å². The van der Waals surface area contributed by atoms with Crippen LogP contribution in [-0.2, 0) is 16.0 Å².